The zero-order valence-corrected chi connectivity index (χ0v) is 17.8. The van der Waals surface area contributed by atoms with Gasteiger partial charge in [-0.2, -0.15) is 0 Å². The number of phenolic OH excluding ortho intramolecular Hbond substituents is 1. The smallest absolute Gasteiger partial charge is 0.161 e. The Kier molecular flexibility index (Phi) is 6.09. The van der Waals surface area contributed by atoms with Crippen molar-refractivity contribution in [2.75, 3.05) is 21.3 Å². The number of benzene rings is 3. The zero-order chi connectivity index (χ0) is 21.8. The first-order valence-corrected chi connectivity index (χ1v) is 10.1. The Hall–Kier alpha value is -3.51. The average molecular weight is 418 g/mol. The molecule has 1 aliphatic heterocycles. The number of phenols is 1. The van der Waals surface area contributed by atoms with E-state index in [2.05, 4.69) is 5.32 Å². The van der Waals surface area contributed by atoms with E-state index in [0.29, 0.717) is 17.9 Å². The van der Waals surface area contributed by atoms with Gasteiger partial charge in [-0.1, -0.05) is 24.3 Å². The number of ether oxygens (including phenoxy) is 3. The van der Waals surface area contributed by atoms with Gasteiger partial charge in [0.25, 0.3) is 0 Å². The van der Waals surface area contributed by atoms with Crippen LogP contribution in [0, 0.1) is 0 Å². The summed E-state index contributed by atoms with van der Waals surface area (Å²) in [4.78, 5) is 5.00. The van der Waals surface area contributed by atoms with Gasteiger partial charge in [-0.3, -0.25) is 10.3 Å². The lowest BCUT2D eigenvalue weighted by Gasteiger charge is -2.31. The molecule has 6 heteroatoms. The first-order valence-electron chi connectivity index (χ1n) is 10.1. The molecule has 0 unspecified atom stereocenters. The number of hydrogen-bond donors (Lipinski definition) is 2. The third-order valence-corrected chi connectivity index (χ3v) is 5.50. The molecule has 0 amide bonds. The van der Waals surface area contributed by atoms with Gasteiger partial charge in [0.05, 0.1) is 21.3 Å². The summed E-state index contributed by atoms with van der Waals surface area (Å²) in [5.74, 6) is 2.38. The zero-order valence-electron chi connectivity index (χ0n) is 17.8. The molecule has 160 valence electrons. The Morgan fingerprint density at radius 3 is 2.29 bits per heavy atom. The predicted octanol–water partition coefficient (Wildman–Crippen LogP) is 4.64. The van der Waals surface area contributed by atoms with Crippen molar-refractivity contribution in [3.63, 3.8) is 0 Å². The van der Waals surface area contributed by atoms with Crippen LogP contribution in [-0.2, 0) is 0 Å². The molecular formula is C25H26N2O4. The molecule has 0 fully saturated rings. The van der Waals surface area contributed by atoms with Crippen LogP contribution in [0.2, 0.25) is 0 Å². The Morgan fingerprint density at radius 2 is 1.61 bits per heavy atom. The lowest BCUT2D eigenvalue weighted by atomic mass is 9.93. The first kappa shape index (κ1) is 20.8. The third kappa shape index (κ3) is 4.34. The molecule has 3 aromatic rings. The highest BCUT2D eigenvalue weighted by Gasteiger charge is 2.28. The van der Waals surface area contributed by atoms with Crippen LogP contribution in [0.15, 0.2) is 71.7 Å². The summed E-state index contributed by atoms with van der Waals surface area (Å²) in [6.45, 7) is 0. The topological polar surface area (TPSA) is 72.3 Å². The number of nitrogens with zero attached hydrogens (tertiary/aromatic N) is 1. The molecule has 0 saturated heterocycles. The molecule has 0 aliphatic carbocycles. The Morgan fingerprint density at radius 1 is 0.871 bits per heavy atom. The number of methoxy groups -OCH3 is 3. The second-order valence-corrected chi connectivity index (χ2v) is 7.30. The SMILES string of the molecule is COc1ccc(C2=N[C@H](c3ccc(OC)c(OC)c3)N[C@H](c3ccccc3O)C2)cc1. The van der Waals surface area contributed by atoms with Gasteiger partial charge in [-0.15, -0.1) is 0 Å². The predicted molar refractivity (Wildman–Crippen MR) is 120 cm³/mol. The number of aliphatic imine (C=N–C) groups is 1. The summed E-state index contributed by atoms with van der Waals surface area (Å²) in [6.07, 6.45) is 0.337. The molecule has 2 atom stereocenters. The summed E-state index contributed by atoms with van der Waals surface area (Å²) < 4.78 is 16.1. The van der Waals surface area contributed by atoms with Crippen molar-refractivity contribution in [1.29, 1.82) is 0 Å². The highest BCUT2D eigenvalue weighted by atomic mass is 16.5. The summed E-state index contributed by atoms with van der Waals surface area (Å²) in [7, 11) is 4.88. The van der Waals surface area contributed by atoms with E-state index >= 15 is 0 Å². The van der Waals surface area contributed by atoms with E-state index in [1.54, 1.807) is 27.4 Å². The molecule has 0 radical (unpaired) electrons. The molecule has 31 heavy (non-hydrogen) atoms. The van der Waals surface area contributed by atoms with Crippen LogP contribution in [0.3, 0.4) is 0 Å². The summed E-state index contributed by atoms with van der Waals surface area (Å²) in [5.41, 5.74) is 3.76. The number of hydrogen-bond acceptors (Lipinski definition) is 6. The molecular weight excluding hydrogens is 392 g/mol. The Balaban J connectivity index is 1.75. The standard InChI is InChI=1S/C25H26N2O4/c1-29-18-11-8-16(9-12-18)20-15-21(19-6-4-5-7-22(19)28)27-25(26-20)17-10-13-23(30-2)24(14-17)31-3/h4-14,21,25,27-28H,15H2,1-3H3/t21-,25-/m0/s1. The van der Waals surface area contributed by atoms with Crippen LogP contribution in [-0.4, -0.2) is 32.1 Å². The van der Waals surface area contributed by atoms with Gasteiger partial charge in [0.15, 0.2) is 11.5 Å². The quantitative estimate of drug-likeness (QED) is 0.610. The van der Waals surface area contributed by atoms with Crippen LogP contribution < -0.4 is 19.5 Å². The van der Waals surface area contributed by atoms with Crippen molar-refractivity contribution in [1.82, 2.24) is 5.32 Å². The van der Waals surface area contributed by atoms with Crippen LogP contribution in [0.5, 0.6) is 23.0 Å². The fourth-order valence-corrected chi connectivity index (χ4v) is 3.84. The lowest BCUT2D eigenvalue weighted by Crippen LogP contribution is -2.33. The molecule has 3 aromatic carbocycles. The molecule has 1 heterocycles. The number of para-hydroxylation sites is 1. The van der Waals surface area contributed by atoms with Gasteiger partial charge in [0.2, 0.25) is 0 Å². The van der Waals surface area contributed by atoms with Crippen LogP contribution in [0.25, 0.3) is 0 Å². The minimum atomic E-state index is -0.310. The van der Waals surface area contributed by atoms with E-state index in [9.17, 15) is 5.11 Å². The largest absolute Gasteiger partial charge is 0.508 e. The van der Waals surface area contributed by atoms with Crippen LogP contribution in [0.4, 0.5) is 0 Å². The lowest BCUT2D eigenvalue weighted by molar-refractivity contribution is 0.353. The molecule has 4 rings (SSSR count). The maximum absolute atomic E-state index is 10.5. The van der Waals surface area contributed by atoms with Gasteiger partial charge in [-0.05, 0) is 53.6 Å². The number of rotatable bonds is 6. The maximum Gasteiger partial charge on any atom is 0.161 e. The molecule has 2 N–H and O–H groups in total. The van der Waals surface area contributed by atoms with E-state index in [1.807, 2.05) is 60.7 Å². The summed E-state index contributed by atoms with van der Waals surface area (Å²) in [6, 6.07) is 21.0. The number of nitrogens with one attached hydrogen (secondary N) is 1. The molecule has 0 saturated carbocycles. The van der Waals surface area contributed by atoms with Gasteiger partial charge in [0.1, 0.15) is 17.7 Å². The van der Waals surface area contributed by atoms with E-state index in [-0.39, 0.29) is 18.0 Å². The van der Waals surface area contributed by atoms with Crippen molar-refractivity contribution >= 4 is 5.71 Å². The summed E-state index contributed by atoms with van der Waals surface area (Å²) >= 11 is 0. The first-order chi connectivity index (χ1) is 15.1. The fourth-order valence-electron chi connectivity index (χ4n) is 3.84. The van der Waals surface area contributed by atoms with Gasteiger partial charge < -0.3 is 19.3 Å². The van der Waals surface area contributed by atoms with E-state index in [4.69, 9.17) is 19.2 Å². The molecule has 0 bridgehead atoms. The van der Waals surface area contributed by atoms with Crippen LogP contribution in [0.1, 0.15) is 35.3 Å². The van der Waals surface area contributed by atoms with Crippen molar-refractivity contribution in [3.8, 4) is 23.0 Å². The second kappa shape index (κ2) is 9.10. The van der Waals surface area contributed by atoms with Gasteiger partial charge >= 0.3 is 0 Å². The average Bonchev–Trinajstić information content (AvgIpc) is 2.83. The van der Waals surface area contributed by atoms with Crippen molar-refractivity contribution in [3.05, 3.63) is 83.4 Å². The van der Waals surface area contributed by atoms with E-state index < -0.39 is 0 Å². The normalized spacial score (nSPS) is 18.2. The van der Waals surface area contributed by atoms with E-state index in [0.717, 1.165) is 28.2 Å². The minimum Gasteiger partial charge on any atom is -0.508 e. The number of aromatic hydroxyl groups is 1. The molecule has 1 aliphatic rings. The molecule has 0 spiro atoms. The van der Waals surface area contributed by atoms with Gasteiger partial charge in [-0.25, -0.2) is 0 Å². The Labute approximate surface area is 182 Å². The highest BCUT2D eigenvalue weighted by molar-refractivity contribution is 6.01. The second-order valence-electron chi connectivity index (χ2n) is 7.30. The maximum atomic E-state index is 10.5. The fraction of sp³-hybridized carbons (Fsp3) is 0.240. The Bertz CT molecular complexity index is 1080. The monoisotopic (exact) mass is 418 g/mol. The van der Waals surface area contributed by atoms with Crippen LogP contribution >= 0.6 is 0 Å². The van der Waals surface area contributed by atoms with Crippen molar-refractivity contribution < 1.29 is 19.3 Å². The minimum absolute atomic E-state index is 0.103. The molecule has 0 aromatic heterocycles. The third-order valence-electron chi connectivity index (χ3n) is 5.50. The van der Waals surface area contributed by atoms with Crippen molar-refractivity contribution in [2.24, 2.45) is 4.99 Å². The van der Waals surface area contributed by atoms with E-state index in [1.165, 1.54) is 0 Å². The highest BCUT2D eigenvalue weighted by Crippen LogP contribution is 2.37. The molecule has 6 nitrogen and oxygen atoms in total. The van der Waals surface area contributed by atoms with Crippen molar-refractivity contribution in [2.45, 2.75) is 18.6 Å². The van der Waals surface area contributed by atoms with Gasteiger partial charge in [0, 0.05) is 23.7 Å². The summed E-state index contributed by atoms with van der Waals surface area (Å²) in [5, 5.41) is 14.0.